The highest BCUT2D eigenvalue weighted by Gasteiger charge is 2.34. The average molecular weight is 369 g/mol. The van der Waals surface area contributed by atoms with E-state index in [2.05, 4.69) is 16.0 Å². The molecule has 1 aromatic carbocycles. The van der Waals surface area contributed by atoms with Crippen molar-refractivity contribution < 1.29 is 19.0 Å². The number of methoxy groups -OCH3 is 1. The Bertz CT molecular complexity index is 813. The largest absolute Gasteiger partial charge is 0.477 e. The molecular formula is C20H23N3O4. The van der Waals surface area contributed by atoms with Crippen LogP contribution in [0.4, 0.5) is 0 Å². The van der Waals surface area contributed by atoms with Gasteiger partial charge in [-0.3, -0.25) is 4.79 Å². The molecule has 2 aliphatic rings. The molecule has 0 aliphatic carbocycles. The quantitative estimate of drug-likeness (QED) is 0.822. The van der Waals surface area contributed by atoms with Crippen LogP contribution in [0.25, 0.3) is 0 Å². The lowest BCUT2D eigenvalue weighted by molar-refractivity contribution is -0.147. The van der Waals surface area contributed by atoms with Crippen LogP contribution in [0, 0.1) is 0 Å². The fraction of sp³-hybridized carbons (Fsp3) is 0.450. The van der Waals surface area contributed by atoms with Gasteiger partial charge in [-0.2, -0.15) is 0 Å². The maximum Gasteiger partial charge on any atom is 0.278 e. The number of likely N-dealkylation sites (tertiary alicyclic amines) is 1. The predicted octanol–water partition coefficient (Wildman–Crippen LogP) is 2.17. The van der Waals surface area contributed by atoms with Crippen molar-refractivity contribution in [3.63, 3.8) is 0 Å². The van der Waals surface area contributed by atoms with Gasteiger partial charge in [-0.25, -0.2) is 9.97 Å². The Morgan fingerprint density at radius 3 is 2.89 bits per heavy atom. The normalized spacial score (nSPS) is 22.0. The Balaban J connectivity index is 1.46. The standard InChI is InChI=1S/C20H23N3O4/c1-25-18-19(22-10-9-21-18)27-15-6-4-11-23(13-15)20(24)17-16-7-3-2-5-14(16)8-12-26-17/h2-3,5,7,9-10,15,17H,4,6,8,11-13H2,1H3. The first-order valence-electron chi connectivity index (χ1n) is 9.26. The summed E-state index contributed by atoms with van der Waals surface area (Å²) in [5.74, 6) is 0.714. The number of hydrogen-bond acceptors (Lipinski definition) is 6. The number of benzene rings is 1. The van der Waals surface area contributed by atoms with Gasteiger partial charge in [-0.15, -0.1) is 0 Å². The summed E-state index contributed by atoms with van der Waals surface area (Å²) in [5.41, 5.74) is 2.17. The Kier molecular flexibility index (Phi) is 5.20. The second kappa shape index (κ2) is 7.92. The predicted molar refractivity (Wildman–Crippen MR) is 97.7 cm³/mol. The molecule has 2 atom stereocenters. The van der Waals surface area contributed by atoms with E-state index in [9.17, 15) is 4.79 Å². The topological polar surface area (TPSA) is 73.8 Å². The van der Waals surface area contributed by atoms with Crippen LogP contribution in [0.5, 0.6) is 11.8 Å². The SMILES string of the molecule is COc1nccnc1OC1CCCN(C(=O)C2OCCc3ccccc32)C1. The van der Waals surface area contributed by atoms with Crippen LogP contribution in [-0.2, 0) is 16.0 Å². The first-order valence-corrected chi connectivity index (χ1v) is 9.26. The first-order chi connectivity index (χ1) is 13.3. The number of nitrogens with zero attached hydrogens (tertiary/aromatic N) is 3. The maximum atomic E-state index is 13.1. The molecule has 0 N–H and O–H groups in total. The van der Waals surface area contributed by atoms with E-state index in [1.165, 1.54) is 12.7 Å². The van der Waals surface area contributed by atoms with E-state index >= 15 is 0 Å². The number of fused-ring (bicyclic) bond motifs is 1. The minimum atomic E-state index is -0.528. The van der Waals surface area contributed by atoms with Crippen molar-refractivity contribution >= 4 is 5.91 Å². The van der Waals surface area contributed by atoms with Gasteiger partial charge in [0.15, 0.2) is 6.10 Å². The fourth-order valence-electron chi connectivity index (χ4n) is 3.69. The van der Waals surface area contributed by atoms with Crippen molar-refractivity contribution in [1.82, 2.24) is 14.9 Å². The minimum Gasteiger partial charge on any atom is -0.477 e. The summed E-state index contributed by atoms with van der Waals surface area (Å²) >= 11 is 0. The van der Waals surface area contributed by atoms with Crippen molar-refractivity contribution in [2.24, 2.45) is 0 Å². The van der Waals surface area contributed by atoms with Gasteiger partial charge in [0, 0.05) is 18.9 Å². The number of carbonyl (C=O) groups excluding carboxylic acids is 1. The van der Waals surface area contributed by atoms with Gasteiger partial charge >= 0.3 is 0 Å². The van der Waals surface area contributed by atoms with Crippen molar-refractivity contribution in [3.8, 4) is 11.8 Å². The summed E-state index contributed by atoms with van der Waals surface area (Å²) in [6, 6.07) is 8.01. The zero-order valence-electron chi connectivity index (χ0n) is 15.3. The molecule has 2 aromatic rings. The summed E-state index contributed by atoms with van der Waals surface area (Å²) in [5, 5.41) is 0. The lowest BCUT2D eigenvalue weighted by Gasteiger charge is -2.36. The number of rotatable bonds is 4. The molecule has 7 nitrogen and oxygen atoms in total. The van der Waals surface area contributed by atoms with E-state index < -0.39 is 6.10 Å². The minimum absolute atomic E-state index is 0.00145. The number of amides is 1. The second-order valence-corrected chi connectivity index (χ2v) is 6.74. The zero-order valence-corrected chi connectivity index (χ0v) is 15.3. The van der Waals surface area contributed by atoms with Crippen LogP contribution in [0.2, 0.25) is 0 Å². The molecule has 7 heteroatoms. The lowest BCUT2D eigenvalue weighted by atomic mass is 9.96. The van der Waals surface area contributed by atoms with Gasteiger partial charge in [0.25, 0.3) is 17.7 Å². The van der Waals surface area contributed by atoms with Crippen LogP contribution >= 0.6 is 0 Å². The number of carbonyl (C=O) groups is 1. The van der Waals surface area contributed by atoms with Crippen molar-refractivity contribution in [2.75, 3.05) is 26.8 Å². The van der Waals surface area contributed by atoms with Crippen LogP contribution < -0.4 is 9.47 Å². The van der Waals surface area contributed by atoms with Crippen molar-refractivity contribution in [3.05, 3.63) is 47.8 Å². The molecule has 2 unspecified atom stereocenters. The van der Waals surface area contributed by atoms with Gasteiger partial charge in [-0.05, 0) is 30.4 Å². The van der Waals surface area contributed by atoms with E-state index in [-0.39, 0.29) is 12.0 Å². The van der Waals surface area contributed by atoms with E-state index in [0.29, 0.717) is 31.5 Å². The first kappa shape index (κ1) is 17.7. The zero-order chi connectivity index (χ0) is 18.6. The van der Waals surface area contributed by atoms with Gasteiger partial charge in [0.2, 0.25) is 0 Å². The maximum absolute atomic E-state index is 13.1. The molecule has 1 saturated heterocycles. The molecule has 3 heterocycles. The number of hydrogen-bond donors (Lipinski definition) is 0. The summed E-state index contributed by atoms with van der Waals surface area (Å²) < 4.78 is 17.0. The molecule has 1 fully saturated rings. The van der Waals surface area contributed by atoms with E-state index in [0.717, 1.165) is 24.8 Å². The highest BCUT2D eigenvalue weighted by atomic mass is 16.5. The Morgan fingerprint density at radius 2 is 2.04 bits per heavy atom. The highest BCUT2D eigenvalue weighted by molar-refractivity contribution is 5.83. The molecule has 27 heavy (non-hydrogen) atoms. The third-order valence-electron chi connectivity index (χ3n) is 5.01. The molecule has 1 aromatic heterocycles. The molecular weight excluding hydrogens is 346 g/mol. The number of piperidine rings is 1. The molecule has 0 saturated carbocycles. The van der Waals surface area contributed by atoms with Crippen LogP contribution in [0.3, 0.4) is 0 Å². The van der Waals surface area contributed by atoms with E-state index in [1.807, 2.05) is 23.1 Å². The molecule has 142 valence electrons. The van der Waals surface area contributed by atoms with Gasteiger partial charge in [0.05, 0.1) is 20.3 Å². The molecule has 1 amide bonds. The lowest BCUT2D eigenvalue weighted by Crippen LogP contribution is -2.47. The Hall–Kier alpha value is -2.67. The average Bonchev–Trinajstić information content (AvgIpc) is 2.73. The van der Waals surface area contributed by atoms with E-state index in [4.69, 9.17) is 14.2 Å². The molecule has 0 bridgehead atoms. The summed E-state index contributed by atoms with van der Waals surface area (Å²) in [4.78, 5) is 23.3. The number of ether oxygens (including phenoxy) is 3. The summed E-state index contributed by atoms with van der Waals surface area (Å²) in [6.45, 7) is 1.77. The summed E-state index contributed by atoms with van der Waals surface area (Å²) in [7, 11) is 1.53. The molecule has 4 rings (SSSR count). The van der Waals surface area contributed by atoms with Crippen LogP contribution in [-0.4, -0.2) is 53.7 Å². The van der Waals surface area contributed by atoms with E-state index in [1.54, 1.807) is 12.4 Å². The van der Waals surface area contributed by atoms with Crippen molar-refractivity contribution in [2.45, 2.75) is 31.5 Å². The summed E-state index contributed by atoms with van der Waals surface area (Å²) in [6.07, 6.45) is 5.01. The fourth-order valence-corrected chi connectivity index (χ4v) is 3.69. The van der Waals surface area contributed by atoms with Crippen LogP contribution in [0.15, 0.2) is 36.7 Å². The molecule has 2 aliphatic heterocycles. The second-order valence-electron chi connectivity index (χ2n) is 6.74. The van der Waals surface area contributed by atoms with Gasteiger partial charge in [-0.1, -0.05) is 24.3 Å². The third-order valence-corrected chi connectivity index (χ3v) is 5.01. The third kappa shape index (κ3) is 3.73. The monoisotopic (exact) mass is 369 g/mol. The van der Waals surface area contributed by atoms with Crippen LogP contribution in [0.1, 0.15) is 30.1 Å². The highest BCUT2D eigenvalue weighted by Crippen LogP contribution is 2.30. The number of aromatic nitrogens is 2. The molecule has 0 spiro atoms. The Morgan fingerprint density at radius 1 is 1.22 bits per heavy atom. The van der Waals surface area contributed by atoms with Crippen molar-refractivity contribution in [1.29, 1.82) is 0 Å². The van der Waals surface area contributed by atoms with Gasteiger partial charge < -0.3 is 19.1 Å². The smallest absolute Gasteiger partial charge is 0.278 e. The Labute approximate surface area is 158 Å². The van der Waals surface area contributed by atoms with Gasteiger partial charge in [0.1, 0.15) is 6.10 Å². The molecule has 0 radical (unpaired) electrons.